The molecule has 0 aliphatic rings. The van der Waals surface area contributed by atoms with Crippen LogP contribution in [0.1, 0.15) is 30.0 Å². The minimum atomic E-state index is -0.179. The van der Waals surface area contributed by atoms with Crippen LogP contribution >= 0.6 is 0 Å². The van der Waals surface area contributed by atoms with Gasteiger partial charge >= 0.3 is 0 Å². The van der Waals surface area contributed by atoms with E-state index in [1.54, 1.807) is 6.26 Å². The Hall–Kier alpha value is -2.89. The molecule has 2 heterocycles. The fourth-order valence-corrected chi connectivity index (χ4v) is 2.23. The van der Waals surface area contributed by atoms with Crippen molar-refractivity contribution in [2.75, 3.05) is 5.32 Å². The number of anilines is 1. The van der Waals surface area contributed by atoms with Gasteiger partial charge in [0.1, 0.15) is 5.76 Å². The second-order valence-electron chi connectivity index (χ2n) is 5.96. The maximum atomic E-state index is 12.4. The van der Waals surface area contributed by atoms with E-state index in [1.165, 1.54) is 4.68 Å². The Kier molecular flexibility index (Phi) is 4.46. The van der Waals surface area contributed by atoms with Crippen molar-refractivity contribution < 1.29 is 9.21 Å². The number of nitrogens with one attached hydrogen (secondary N) is 1. The molecule has 0 aliphatic carbocycles. The van der Waals surface area contributed by atoms with Crippen LogP contribution in [0.2, 0.25) is 0 Å². The quantitative estimate of drug-likeness (QED) is 0.773. The van der Waals surface area contributed by atoms with E-state index in [0.29, 0.717) is 18.3 Å². The van der Waals surface area contributed by atoms with E-state index >= 15 is 0 Å². The summed E-state index contributed by atoms with van der Waals surface area (Å²) in [7, 11) is 0. The van der Waals surface area contributed by atoms with Gasteiger partial charge in [-0.2, -0.15) is 9.67 Å². The first-order valence-corrected chi connectivity index (χ1v) is 7.89. The van der Waals surface area contributed by atoms with Gasteiger partial charge < -0.3 is 9.73 Å². The second kappa shape index (κ2) is 6.70. The lowest BCUT2D eigenvalue weighted by molar-refractivity contribution is 0.0841. The third kappa shape index (κ3) is 3.37. The number of carbonyl (C=O) groups is 1. The van der Waals surface area contributed by atoms with Crippen LogP contribution in [0, 0.1) is 12.8 Å². The van der Waals surface area contributed by atoms with Crippen molar-refractivity contribution in [2.24, 2.45) is 5.92 Å². The summed E-state index contributed by atoms with van der Waals surface area (Å²) < 4.78 is 6.64. The summed E-state index contributed by atoms with van der Waals surface area (Å²) in [6.07, 6.45) is 1.61. The molecule has 3 aromatic rings. The Morgan fingerprint density at radius 3 is 2.62 bits per heavy atom. The van der Waals surface area contributed by atoms with Gasteiger partial charge in [0.15, 0.2) is 5.82 Å². The highest BCUT2D eigenvalue weighted by molar-refractivity contribution is 5.83. The van der Waals surface area contributed by atoms with E-state index in [1.807, 2.05) is 57.2 Å². The smallest absolute Gasteiger partial charge is 0.252 e. The topological polar surface area (TPSA) is 73.0 Å². The number of carbonyl (C=O) groups excluding carboxylic acids is 1. The average molecular weight is 324 g/mol. The Morgan fingerprint density at radius 1 is 1.25 bits per heavy atom. The van der Waals surface area contributed by atoms with Crippen molar-refractivity contribution in [2.45, 2.75) is 27.3 Å². The van der Waals surface area contributed by atoms with Gasteiger partial charge in [-0.15, -0.1) is 5.10 Å². The van der Waals surface area contributed by atoms with E-state index < -0.39 is 0 Å². The molecule has 0 fully saturated rings. The Labute approximate surface area is 140 Å². The number of hydrogen-bond acceptors (Lipinski definition) is 5. The SMILES string of the molecule is Cc1ccc(-c2nc(NCc3ccco3)n(C(=O)C(C)C)n2)cc1. The fraction of sp³-hybridized carbons (Fsp3) is 0.278. The molecule has 0 bridgehead atoms. The van der Waals surface area contributed by atoms with Crippen molar-refractivity contribution in [1.82, 2.24) is 14.8 Å². The zero-order valence-electron chi connectivity index (χ0n) is 14.0. The van der Waals surface area contributed by atoms with Gasteiger partial charge in [0, 0.05) is 11.5 Å². The number of benzene rings is 1. The fourth-order valence-electron chi connectivity index (χ4n) is 2.23. The zero-order chi connectivity index (χ0) is 17.1. The minimum Gasteiger partial charge on any atom is -0.467 e. The normalized spacial score (nSPS) is 11.0. The molecule has 0 amide bonds. The summed E-state index contributed by atoms with van der Waals surface area (Å²) in [5.41, 5.74) is 2.03. The van der Waals surface area contributed by atoms with Crippen LogP contribution in [-0.4, -0.2) is 20.7 Å². The predicted molar refractivity (Wildman–Crippen MR) is 91.7 cm³/mol. The molecular weight excluding hydrogens is 304 g/mol. The lowest BCUT2D eigenvalue weighted by atomic mass is 10.1. The third-order valence-electron chi connectivity index (χ3n) is 3.62. The first kappa shape index (κ1) is 16.0. The lowest BCUT2D eigenvalue weighted by Gasteiger charge is -2.07. The summed E-state index contributed by atoms with van der Waals surface area (Å²) in [5.74, 6) is 1.41. The molecular formula is C18H20N4O2. The van der Waals surface area contributed by atoms with Gasteiger partial charge in [-0.25, -0.2) is 0 Å². The van der Waals surface area contributed by atoms with E-state index in [-0.39, 0.29) is 11.8 Å². The molecule has 0 unspecified atom stereocenters. The summed E-state index contributed by atoms with van der Waals surface area (Å²) in [5, 5.41) is 7.52. The Balaban J connectivity index is 1.92. The van der Waals surface area contributed by atoms with E-state index in [0.717, 1.165) is 16.9 Å². The van der Waals surface area contributed by atoms with Gasteiger partial charge in [0.05, 0.1) is 12.8 Å². The first-order valence-electron chi connectivity index (χ1n) is 7.89. The average Bonchev–Trinajstić information content (AvgIpc) is 3.22. The van der Waals surface area contributed by atoms with Crippen LogP contribution in [0.25, 0.3) is 11.4 Å². The van der Waals surface area contributed by atoms with E-state index in [4.69, 9.17) is 4.42 Å². The molecule has 0 saturated carbocycles. The standard InChI is InChI=1S/C18H20N4O2/c1-12(2)17(23)22-18(19-11-15-5-4-10-24-15)20-16(21-22)14-8-6-13(3)7-9-14/h4-10,12H,11H2,1-3H3,(H,19,20,21). The highest BCUT2D eigenvalue weighted by atomic mass is 16.3. The number of aryl methyl sites for hydroxylation is 1. The highest BCUT2D eigenvalue weighted by Crippen LogP contribution is 2.20. The molecule has 3 rings (SSSR count). The number of rotatable bonds is 5. The molecule has 124 valence electrons. The first-order chi connectivity index (χ1) is 11.5. The predicted octanol–water partition coefficient (Wildman–Crippen LogP) is 3.75. The molecule has 0 radical (unpaired) electrons. The van der Waals surface area contributed by atoms with Gasteiger partial charge in [-0.3, -0.25) is 4.79 Å². The van der Waals surface area contributed by atoms with Crippen LogP contribution in [0.4, 0.5) is 5.95 Å². The van der Waals surface area contributed by atoms with Gasteiger partial charge in [0.25, 0.3) is 5.91 Å². The second-order valence-corrected chi connectivity index (χ2v) is 5.96. The maximum absolute atomic E-state index is 12.4. The molecule has 1 N–H and O–H groups in total. The van der Waals surface area contributed by atoms with Crippen molar-refractivity contribution in [3.05, 3.63) is 54.0 Å². The molecule has 0 aliphatic heterocycles. The number of hydrogen-bond donors (Lipinski definition) is 1. The van der Waals surface area contributed by atoms with E-state index in [2.05, 4.69) is 15.4 Å². The monoisotopic (exact) mass is 324 g/mol. The lowest BCUT2D eigenvalue weighted by Crippen LogP contribution is -2.21. The van der Waals surface area contributed by atoms with Crippen LogP contribution < -0.4 is 5.32 Å². The third-order valence-corrected chi connectivity index (χ3v) is 3.62. The van der Waals surface area contributed by atoms with Crippen LogP contribution in [0.15, 0.2) is 47.1 Å². The highest BCUT2D eigenvalue weighted by Gasteiger charge is 2.19. The van der Waals surface area contributed by atoms with Crippen molar-refractivity contribution in [1.29, 1.82) is 0 Å². The van der Waals surface area contributed by atoms with Crippen molar-refractivity contribution >= 4 is 11.9 Å². The van der Waals surface area contributed by atoms with E-state index in [9.17, 15) is 4.79 Å². The maximum Gasteiger partial charge on any atom is 0.252 e. The van der Waals surface area contributed by atoms with Gasteiger partial charge in [0.2, 0.25) is 5.95 Å². The summed E-state index contributed by atoms with van der Waals surface area (Å²) in [6, 6.07) is 11.6. The number of aromatic nitrogens is 3. The Morgan fingerprint density at radius 2 is 2.00 bits per heavy atom. The zero-order valence-corrected chi connectivity index (χ0v) is 14.0. The Bertz CT molecular complexity index is 817. The molecule has 0 saturated heterocycles. The van der Waals surface area contributed by atoms with Gasteiger partial charge in [-0.1, -0.05) is 43.7 Å². The van der Waals surface area contributed by atoms with Crippen LogP contribution in [0.5, 0.6) is 0 Å². The molecule has 6 nitrogen and oxygen atoms in total. The largest absolute Gasteiger partial charge is 0.467 e. The minimum absolute atomic E-state index is 0.109. The molecule has 2 aromatic heterocycles. The number of furan rings is 1. The molecule has 1 aromatic carbocycles. The van der Waals surface area contributed by atoms with Crippen LogP contribution in [0.3, 0.4) is 0 Å². The number of nitrogens with zero attached hydrogens (tertiary/aromatic N) is 3. The molecule has 6 heteroatoms. The summed E-state index contributed by atoms with van der Waals surface area (Å²) in [6.45, 7) is 6.14. The summed E-state index contributed by atoms with van der Waals surface area (Å²) in [4.78, 5) is 16.9. The van der Waals surface area contributed by atoms with Crippen molar-refractivity contribution in [3.8, 4) is 11.4 Å². The summed E-state index contributed by atoms with van der Waals surface area (Å²) >= 11 is 0. The molecule has 0 spiro atoms. The molecule has 0 atom stereocenters. The van der Waals surface area contributed by atoms with Gasteiger partial charge in [-0.05, 0) is 19.1 Å². The molecule has 24 heavy (non-hydrogen) atoms. The van der Waals surface area contributed by atoms with Crippen LogP contribution in [-0.2, 0) is 6.54 Å². The van der Waals surface area contributed by atoms with Crippen molar-refractivity contribution in [3.63, 3.8) is 0 Å².